The Hall–Kier alpha value is -1.67. The van der Waals surface area contributed by atoms with E-state index in [-0.39, 0.29) is 12.3 Å². The van der Waals surface area contributed by atoms with Gasteiger partial charge in [-0.2, -0.15) is 0 Å². The number of aromatic nitrogens is 4. The highest BCUT2D eigenvalue weighted by Gasteiger charge is 2.12. The molecule has 0 saturated carbocycles. The van der Waals surface area contributed by atoms with Crippen molar-refractivity contribution in [3.8, 4) is 11.4 Å². The molecule has 0 aliphatic heterocycles. The van der Waals surface area contributed by atoms with Crippen molar-refractivity contribution in [3.05, 3.63) is 23.2 Å². The molecule has 0 spiro atoms. The Kier molecular flexibility index (Phi) is 3.72. The molecule has 0 saturated heterocycles. The number of halogens is 1. The first-order valence-corrected chi connectivity index (χ1v) is 7.80. The molecule has 0 aliphatic rings. The minimum Gasteiger partial charge on any atom is -0.398 e. The summed E-state index contributed by atoms with van der Waals surface area (Å²) in [4.78, 5) is 0. The number of rotatable bonds is 4. The van der Waals surface area contributed by atoms with Crippen molar-refractivity contribution in [2.45, 2.75) is 6.54 Å². The average molecular weight is 302 g/mol. The molecule has 0 atom stereocenters. The summed E-state index contributed by atoms with van der Waals surface area (Å²) >= 11 is 5.84. The van der Waals surface area contributed by atoms with Crippen molar-refractivity contribution in [2.24, 2.45) is 0 Å². The first-order valence-electron chi connectivity index (χ1n) is 5.36. The Bertz CT molecular complexity index is 698. The van der Waals surface area contributed by atoms with E-state index in [1.807, 2.05) is 0 Å². The minimum absolute atomic E-state index is 0.0336. The van der Waals surface area contributed by atoms with Crippen LogP contribution in [0.2, 0.25) is 5.02 Å². The number of aryl methyl sites for hydroxylation is 1. The van der Waals surface area contributed by atoms with Crippen molar-refractivity contribution in [3.63, 3.8) is 0 Å². The summed E-state index contributed by atoms with van der Waals surface area (Å²) in [5, 5.41) is 11.6. The molecule has 0 bridgehead atoms. The molecule has 7 nitrogen and oxygen atoms in total. The predicted molar refractivity (Wildman–Crippen MR) is 72.4 cm³/mol. The Labute approximate surface area is 115 Å². The molecule has 0 amide bonds. The molecule has 1 heterocycles. The molecule has 102 valence electrons. The number of nitrogens with zero attached hydrogens (tertiary/aromatic N) is 4. The molecule has 1 aromatic carbocycles. The number of hydrogen-bond acceptors (Lipinski definition) is 6. The second-order valence-electron chi connectivity index (χ2n) is 4.09. The highest BCUT2D eigenvalue weighted by molar-refractivity contribution is 7.90. The SMILES string of the molecule is CS(=O)(=O)CCn1nnnc1-c1ccc(Cl)c(N)c1. The second kappa shape index (κ2) is 5.14. The first kappa shape index (κ1) is 13.8. The van der Waals surface area contributed by atoms with Crippen molar-refractivity contribution in [1.29, 1.82) is 0 Å². The Morgan fingerprint density at radius 1 is 1.42 bits per heavy atom. The maximum atomic E-state index is 11.2. The molecular formula is C10H12ClN5O2S. The predicted octanol–water partition coefficient (Wildman–Crippen LogP) is 0.620. The van der Waals surface area contributed by atoms with Gasteiger partial charge in [-0.3, -0.25) is 0 Å². The molecule has 1 aromatic heterocycles. The number of benzene rings is 1. The smallest absolute Gasteiger partial charge is 0.182 e. The van der Waals surface area contributed by atoms with Crippen molar-refractivity contribution in [1.82, 2.24) is 20.2 Å². The van der Waals surface area contributed by atoms with Crippen molar-refractivity contribution < 1.29 is 8.42 Å². The number of hydrogen-bond donors (Lipinski definition) is 1. The lowest BCUT2D eigenvalue weighted by Crippen LogP contribution is -2.13. The van der Waals surface area contributed by atoms with E-state index in [1.54, 1.807) is 18.2 Å². The summed E-state index contributed by atoms with van der Waals surface area (Å²) in [5.74, 6) is 0.417. The van der Waals surface area contributed by atoms with Crippen LogP contribution in [0.1, 0.15) is 0 Å². The van der Waals surface area contributed by atoms with Crippen LogP contribution in [-0.2, 0) is 16.4 Å². The van der Waals surface area contributed by atoms with E-state index in [2.05, 4.69) is 15.5 Å². The van der Waals surface area contributed by atoms with Gasteiger partial charge in [0.15, 0.2) is 5.82 Å². The van der Waals surface area contributed by atoms with Gasteiger partial charge in [0.05, 0.1) is 23.0 Å². The van der Waals surface area contributed by atoms with E-state index in [9.17, 15) is 8.42 Å². The van der Waals surface area contributed by atoms with Gasteiger partial charge < -0.3 is 5.73 Å². The largest absolute Gasteiger partial charge is 0.398 e. The molecule has 0 aliphatic carbocycles. The minimum atomic E-state index is -3.08. The Morgan fingerprint density at radius 3 is 2.79 bits per heavy atom. The molecule has 19 heavy (non-hydrogen) atoms. The average Bonchev–Trinajstić information content (AvgIpc) is 2.77. The monoisotopic (exact) mass is 301 g/mol. The third-order valence-corrected chi connectivity index (χ3v) is 3.73. The van der Waals surface area contributed by atoms with Gasteiger partial charge in [0.2, 0.25) is 0 Å². The second-order valence-corrected chi connectivity index (χ2v) is 6.76. The van der Waals surface area contributed by atoms with E-state index in [1.165, 1.54) is 4.68 Å². The van der Waals surface area contributed by atoms with Crippen LogP contribution in [0.4, 0.5) is 5.69 Å². The van der Waals surface area contributed by atoms with Crippen LogP contribution in [-0.4, -0.2) is 40.6 Å². The maximum absolute atomic E-state index is 11.2. The van der Waals surface area contributed by atoms with Crippen LogP contribution in [0, 0.1) is 0 Å². The maximum Gasteiger partial charge on any atom is 0.182 e. The first-order chi connectivity index (χ1) is 8.87. The highest BCUT2D eigenvalue weighted by atomic mass is 35.5. The zero-order valence-corrected chi connectivity index (χ0v) is 11.7. The van der Waals surface area contributed by atoms with Crippen LogP contribution in [0.25, 0.3) is 11.4 Å². The van der Waals surface area contributed by atoms with Crippen molar-refractivity contribution in [2.75, 3.05) is 17.7 Å². The van der Waals surface area contributed by atoms with E-state index in [0.717, 1.165) is 6.26 Å². The van der Waals surface area contributed by atoms with Gasteiger partial charge in [-0.15, -0.1) is 5.10 Å². The lowest BCUT2D eigenvalue weighted by atomic mass is 10.2. The number of tetrazole rings is 1. The van der Waals surface area contributed by atoms with Crippen LogP contribution >= 0.6 is 11.6 Å². The topological polar surface area (TPSA) is 104 Å². The van der Waals surface area contributed by atoms with Crippen molar-refractivity contribution >= 4 is 27.1 Å². The van der Waals surface area contributed by atoms with Gasteiger partial charge in [-0.1, -0.05) is 11.6 Å². The van der Waals surface area contributed by atoms with E-state index in [4.69, 9.17) is 17.3 Å². The van der Waals surface area contributed by atoms with E-state index >= 15 is 0 Å². The molecule has 2 N–H and O–H groups in total. The summed E-state index contributed by atoms with van der Waals surface area (Å²) < 4.78 is 23.7. The Balaban J connectivity index is 2.30. The molecule has 0 radical (unpaired) electrons. The van der Waals surface area contributed by atoms with Gasteiger partial charge in [-0.25, -0.2) is 13.1 Å². The summed E-state index contributed by atoms with van der Waals surface area (Å²) in [6.07, 6.45) is 1.16. The van der Waals surface area contributed by atoms with E-state index in [0.29, 0.717) is 22.1 Å². The quantitative estimate of drug-likeness (QED) is 0.830. The zero-order valence-electron chi connectivity index (χ0n) is 10.1. The fourth-order valence-electron chi connectivity index (χ4n) is 1.50. The summed E-state index contributed by atoms with van der Waals surface area (Å²) in [7, 11) is -3.08. The van der Waals surface area contributed by atoms with Crippen LogP contribution in [0.15, 0.2) is 18.2 Å². The van der Waals surface area contributed by atoms with Crippen LogP contribution < -0.4 is 5.73 Å². The summed E-state index contributed by atoms with van der Waals surface area (Å²) in [5.41, 5.74) is 6.81. The number of anilines is 1. The lowest BCUT2D eigenvalue weighted by molar-refractivity contribution is 0.581. The van der Waals surface area contributed by atoms with Gasteiger partial charge in [0.1, 0.15) is 9.84 Å². The number of nitrogen functional groups attached to an aromatic ring is 1. The Morgan fingerprint density at radius 2 is 2.16 bits per heavy atom. The normalized spacial score (nSPS) is 11.7. The fraction of sp³-hybridized carbons (Fsp3) is 0.300. The van der Waals surface area contributed by atoms with Crippen LogP contribution in [0.3, 0.4) is 0 Å². The third kappa shape index (κ3) is 3.42. The molecule has 2 aromatic rings. The van der Waals surface area contributed by atoms with Gasteiger partial charge >= 0.3 is 0 Å². The highest BCUT2D eigenvalue weighted by Crippen LogP contribution is 2.25. The standard InChI is InChI=1S/C10H12ClN5O2S/c1-19(17,18)5-4-16-10(13-14-15-16)7-2-3-8(11)9(12)6-7/h2-3,6H,4-5,12H2,1H3. The fourth-order valence-corrected chi connectivity index (χ4v) is 2.12. The molecule has 2 rings (SSSR count). The third-order valence-electron chi connectivity index (χ3n) is 2.46. The van der Waals surface area contributed by atoms with Gasteiger partial charge in [0, 0.05) is 11.8 Å². The molecule has 0 fully saturated rings. The number of sulfone groups is 1. The van der Waals surface area contributed by atoms with Gasteiger partial charge in [-0.05, 0) is 28.6 Å². The lowest BCUT2D eigenvalue weighted by Gasteiger charge is -2.05. The molecular weight excluding hydrogens is 290 g/mol. The zero-order chi connectivity index (χ0) is 14.0. The molecule has 0 unspecified atom stereocenters. The number of nitrogens with two attached hydrogens (primary N) is 1. The van der Waals surface area contributed by atoms with Gasteiger partial charge in [0.25, 0.3) is 0 Å². The summed E-state index contributed by atoms with van der Waals surface area (Å²) in [6, 6.07) is 5.01. The van der Waals surface area contributed by atoms with Crippen LogP contribution in [0.5, 0.6) is 0 Å². The van der Waals surface area contributed by atoms with E-state index < -0.39 is 9.84 Å². The summed E-state index contributed by atoms with van der Waals surface area (Å²) in [6.45, 7) is 0.184. The molecule has 9 heteroatoms.